The van der Waals surface area contributed by atoms with Crippen LogP contribution in [0.3, 0.4) is 0 Å². The number of fused-ring (bicyclic) bond motifs is 1. The van der Waals surface area contributed by atoms with Crippen molar-refractivity contribution in [3.05, 3.63) is 65.2 Å². The highest BCUT2D eigenvalue weighted by Crippen LogP contribution is 2.28. The topological polar surface area (TPSA) is 60.2 Å². The van der Waals surface area contributed by atoms with Gasteiger partial charge in [0.25, 0.3) is 5.91 Å². The predicted molar refractivity (Wildman–Crippen MR) is 120 cm³/mol. The lowest BCUT2D eigenvalue weighted by Crippen LogP contribution is -2.31. The minimum atomic E-state index is -0.0655. The van der Waals surface area contributed by atoms with E-state index in [1.54, 1.807) is 29.5 Å². The molecular weight excluding hydrogens is 396 g/mol. The summed E-state index contributed by atoms with van der Waals surface area (Å²) in [4.78, 5) is 20.8. The van der Waals surface area contributed by atoms with Crippen molar-refractivity contribution in [2.24, 2.45) is 0 Å². The van der Waals surface area contributed by atoms with Crippen LogP contribution in [0.25, 0.3) is 21.6 Å². The third-order valence-corrected chi connectivity index (χ3v) is 5.93. The van der Waals surface area contributed by atoms with E-state index in [2.05, 4.69) is 5.10 Å². The lowest BCUT2D eigenvalue weighted by Gasteiger charge is -2.19. The first-order chi connectivity index (χ1) is 14.6. The molecule has 0 bridgehead atoms. The summed E-state index contributed by atoms with van der Waals surface area (Å²) in [6.45, 7) is 5.62. The number of hydrogen-bond donors (Lipinski definition) is 0. The Hall–Kier alpha value is -3.19. The standard InChI is InChI=1S/C23H24N4O2S/c1-4-27-22-18(15-24-27)17(14-19(25-22)21-10-7-13-30-21)23(28)26(3)11-12-29-20-9-6-5-8-16(20)2/h5-10,13-15H,4,11-12H2,1-3H3. The summed E-state index contributed by atoms with van der Waals surface area (Å²) in [5, 5.41) is 7.19. The molecule has 0 spiro atoms. The van der Waals surface area contributed by atoms with E-state index in [4.69, 9.17) is 9.72 Å². The number of carbonyl (C=O) groups is 1. The van der Waals surface area contributed by atoms with Gasteiger partial charge in [0.05, 0.1) is 34.3 Å². The van der Waals surface area contributed by atoms with Crippen molar-refractivity contribution in [1.29, 1.82) is 0 Å². The number of rotatable bonds is 7. The van der Waals surface area contributed by atoms with E-state index in [1.807, 2.05) is 66.4 Å². The van der Waals surface area contributed by atoms with Crippen molar-refractivity contribution in [2.45, 2.75) is 20.4 Å². The molecule has 0 N–H and O–H groups in total. The van der Waals surface area contributed by atoms with Crippen LogP contribution >= 0.6 is 11.3 Å². The van der Waals surface area contributed by atoms with Gasteiger partial charge in [-0.25, -0.2) is 9.67 Å². The normalized spacial score (nSPS) is 11.0. The van der Waals surface area contributed by atoms with Crippen molar-refractivity contribution in [3.8, 4) is 16.3 Å². The van der Waals surface area contributed by atoms with Gasteiger partial charge in [-0.3, -0.25) is 4.79 Å². The van der Waals surface area contributed by atoms with Crippen LogP contribution in [0.2, 0.25) is 0 Å². The third kappa shape index (κ3) is 3.93. The minimum absolute atomic E-state index is 0.0655. The third-order valence-electron chi connectivity index (χ3n) is 5.04. The van der Waals surface area contributed by atoms with E-state index < -0.39 is 0 Å². The highest BCUT2D eigenvalue weighted by Gasteiger charge is 2.20. The summed E-state index contributed by atoms with van der Waals surface area (Å²) in [5.74, 6) is 0.776. The maximum atomic E-state index is 13.3. The monoisotopic (exact) mass is 420 g/mol. The van der Waals surface area contributed by atoms with Gasteiger partial charge in [0.2, 0.25) is 0 Å². The summed E-state index contributed by atoms with van der Waals surface area (Å²) in [6, 6.07) is 13.7. The van der Waals surface area contributed by atoms with E-state index in [0.717, 1.165) is 32.9 Å². The van der Waals surface area contributed by atoms with E-state index >= 15 is 0 Å². The van der Waals surface area contributed by atoms with Crippen LogP contribution in [0.1, 0.15) is 22.8 Å². The number of benzene rings is 1. The molecule has 0 saturated heterocycles. The van der Waals surface area contributed by atoms with Crippen molar-refractivity contribution in [2.75, 3.05) is 20.2 Å². The van der Waals surface area contributed by atoms with E-state index in [9.17, 15) is 4.79 Å². The fraction of sp³-hybridized carbons (Fsp3) is 0.261. The molecule has 0 aliphatic heterocycles. The van der Waals surface area contributed by atoms with Crippen LogP contribution in [-0.4, -0.2) is 45.8 Å². The SMILES string of the molecule is CCn1ncc2c(C(=O)N(C)CCOc3ccccc3C)cc(-c3cccs3)nc21. The maximum absolute atomic E-state index is 13.3. The fourth-order valence-electron chi connectivity index (χ4n) is 3.32. The highest BCUT2D eigenvalue weighted by atomic mass is 32.1. The maximum Gasteiger partial charge on any atom is 0.254 e. The second-order valence-electron chi connectivity index (χ2n) is 7.07. The number of nitrogens with zero attached hydrogens (tertiary/aromatic N) is 4. The van der Waals surface area contributed by atoms with Crippen LogP contribution in [0.4, 0.5) is 0 Å². The Morgan fingerprint density at radius 3 is 2.80 bits per heavy atom. The van der Waals surface area contributed by atoms with Crippen LogP contribution in [-0.2, 0) is 6.54 Å². The van der Waals surface area contributed by atoms with Crippen molar-refractivity contribution in [1.82, 2.24) is 19.7 Å². The first-order valence-corrected chi connectivity index (χ1v) is 10.8. The first-order valence-electron chi connectivity index (χ1n) is 9.92. The molecule has 30 heavy (non-hydrogen) atoms. The number of ether oxygens (including phenoxy) is 1. The number of amides is 1. The molecule has 0 radical (unpaired) electrons. The van der Waals surface area contributed by atoms with Gasteiger partial charge in [-0.2, -0.15) is 5.10 Å². The molecule has 1 aromatic carbocycles. The van der Waals surface area contributed by atoms with Gasteiger partial charge in [0.15, 0.2) is 5.65 Å². The summed E-state index contributed by atoms with van der Waals surface area (Å²) in [6.07, 6.45) is 1.73. The molecule has 0 aliphatic rings. The Balaban J connectivity index is 1.58. The molecule has 0 unspecified atom stereocenters. The fourth-order valence-corrected chi connectivity index (χ4v) is 4.01. The van der Waals surface area contributed by atoms with Gasteiger partial charge in [-0.15, -0.1) is 11.3 Å². The van der Waals surface area contributed by atoms with Gasteiger partial charge in [0.1, 0.15) is 12.4 Å². The van der Waals surface area contributed by atoms with Crippen LogP contribution in [0, 0.1) is 6.92 Å². The Labute approximate surface area is 179 Å². The number of aromatic nitrogens is 3. The summed E-state index contributed by atoms with van der Waals surface area (Å²) in [5.41, 5.74) is 3.22. The van der Waals surface area contributed by atoms with Gasteiger partial charge in [0, 0.05) is 13.6 Å². The zero-order valence-corrected chi connectivity index (χ0v) is 18.1. The molecule has 3 aromatic heterocycles. The number of likely N-dealkylation sites (N-methyl/N-ethyl adjacent to an activating group) is 1. The number of carbonyl (C=O) groups excluding carboxylic acids is 1. The van der Waals surface area contributed by atoms with Crippen molar-refractivity contribution >= 4 is 28.3 Å². The van der Waals surface area contributed by atoms with Crippen LogP contribution in [0.5, 0.6) is 5.75 Å². The number of para-hydroxylation sites is 1. The molecule has 0 aliphatic carbocycles. The Bertz CT molecular complexity index is 1170. The average molecular weight is 421 g/mol. The Morgan fingerprint density at radius 1 is 1.23 bits per heavy atom. The Morgan fingerprint density at radius 2 is 2.07 bits per heavy atom. The van der Waals surface area contributed by atoms with Gasteiger partial charge >= 0.3 is 0 Å². The zero-order chi connectivity index (χ0) is 21.1. The highest BCUT2D eigenvalue weighted by molar-refractivity contribution is 7.13. The van der Waals surface area contributed by atoms with Crippen LogP contribution < -0.4 is 4.74 Å². The van der Waals surface area contributed by atoms with Crippen LogP contribution in [0.15, 0.2) is 54.0 Å². The lowest BCUT2D eigenvalue weighted by molar-refractivity contribution is 0.0775. The second-order valence-corrected chi connectivity index (χ2v) is 8.02. The summed E-state index contributed by atoms with van der Waals surface area (Å²) >= 11 is 1.61. The number of hydrogen-bond acceptors (Lipinski definition) is 5. The quantitative estimate of drug-likeness (QED) is 0.437. The number of thiophene rings is 1. The van der Waals surface area contributed by atoms with E-state index in [-0.39, 0.29) is 5.91 Å². The molecule has 0 saturated carbocycles. The number of pyridine rings is 1. The molecule has 1 amide bonds. The molecular formula is C23H24N4O2S. The molecule has 0 atom stereocenters. The van der Waals surface area contributed by atoms with Gasteiger partial charge < -0.3 is 9.64 Å². The second kappa shape index (κ2) is 8.67. The minimum Gasteiger partial charge on any atom is -0.491 e. The van der Waals surface area contributed by atoms with Crippen molar-refractivity contribution < 1.29 is 9.53 Å². The van der Waals surface area contributed by atoms with E-state index in [1.165, 1.54) is 0 Å². The smallest absolute Gasteiger partial charge is 0.254 e. The zero-order valence-electron chi connectivity index (χ0n) is 17.3. The molecule has 154 valence electrons. The Kier molecular flexibility index (Phi) is 5.81. The molecule has 7 heteroatoms. The van der Waals surface area contributed by atoms with Crippen molar-refractivity contribution in [3.63, 3.8) is 0 Å². The molecule has 4 rings (SSSR count). The van der Waals surface area contributed by atoms with Gasteiger partial charge in [-0.1, -0.05) is 24.3 Å². The van der Waals surface area contributed by atoms with Gasteiger partial charge in [-0.05, 0) is 43.0 Å². The molecule has 4 aromatic rings. The number of aryl methyl sites for hydroxylation is 2. The molecule has 6 nitrogen and oxygen atoms in total. The average Bonchev–Trinajstić information content (AvgIpc) is 3.43. The summed E-state index contributed by atoms with van der Waals surface area (Å²) < 4.78 is 7.69. The molecule has 0 fully saturated rings. The lowest BCUT2D eigenvalue weighted by atomic mass is 10.1. The van der Waals surface area contributed by atoms with E-state index in [0.29, 0.717) is 25.3 Å². The summed E-state index contributed by atoms with van der Waals surface area (Å²) in [7, 11) is 1.80. The predicted octanol–water partition coefficient (Wildman–Crippen LogP) is 4.64. The first kappa shape index (κ1) is 20.1. The largest absolute Gasteiger partial charge is 0.491 e. The molecule has 3 heterocycles.